The molecule has 84 valence electrons. The van der Waals surface area contributed by atoms with E-state index >= 15 is 0 Å². The molecule has 6 nitrogen and oxygen atoms in total. The van der Waals surface area contributed by atoms with Crippen molar-refractivity contribution in [3.8, 4) is 0 Å². The van der Waals surface area contributed by atoms with Gasteiger partial charge in [0.25, 0.3) is 0 Å². The fourth-order valence-corrected chi connectivity index (χ4v) is 1.71. The van der Waals surface area contributed by atoms with E-state index in [1.807, 2.05) is 0 Å². The molecule has 0 spiro atoms. The SMILES string of the molecule is Nc1n[nH]c(CCOC2CCNCC2)n1. The minimum absolute atomic E-state index is 0.298. The Morgan fingerprint density at radius 3 is 2.87 bits per heavy atom. The van der Waals surface area contributed by atoms with E-state index in [9.17, 15) is 0 Å². The van der Waals surface area contributed by atoms with Gasteiger partial charge < -0.3 is 15.8 Å². The largest absolute Gasteiger partial charge is 0.378 e. The molecule has 0 aliphatic carbocycles. The molecule has 0 amide bonds. The number of nitrogens with zero attached hydrogens (tertiary/aromatic N) is 2. The van der Waals surface area contributed by atoms with Gasteiger partial charge in [0, 0.05) is 6.42 Å². The second kappa shape index (κ2) is 5.09. The van der Waals surface area contributed by atoms with E-state index in [0.29, 0.717) is 18.7 Å². The zero-order valence-electron chi connectivity index (χ0n) is 8.70. The topological polar surface area (TPSA) is 88.8 Å². The minimum Gasteiger partial charge on any atom is -0.378 e. The Hall–Kier alpha value is -1.14. The molecule has 0 radical (unpaired) electrons. The van der Waals surface area contributed by atoms with Crippen molar-refractivity contribution >= 4 is 5.95 Å². The monoisotopic (exact) mass is 211 g/mol. The van der Waals surface area contributed by atoms with E-state index in [4.69, 9.17) is 10.5 Å². The summed E-state index contributed by atoms with van der Waals surface area (Å²) >= 11 is 0. The number of hydrogen-bond acceptors (Lipinski definition) is 5. The summed E-state index contributed by atoms with van der Waals surface area (Å²) in [4.78, 5) is 4.01. The van der Waals surface area contributed by atoms with Crippen molar-refractivity contribution < 1.29 is 4.74 Å². The molecule has 1 aromatic heterocycles. The molecule has 1 fully saturated rings. The molecule has 0 saturated carbocycles. The molecule has 15 heavy (non-hydrogen) atoms. The molecule has 2 heterocycles. The first-order valence-corrected chi connectivity index (χ1v) is 5.33. The van der Waals surface area contributed by atoms with Crippen molar-refractivity contribution in [2.45, 2.75) is 25.4 Å². The van der Waals surface area contributed by atoms with Crippen molar-refractivity contribution in [1.82, 2.24) is 20.5 Å². The molecule has 0 atom stereocenters. The Bertz CT molecular complexity index is 294. The van der Waals surface area contributed by atoms with Crippen LogP contribution < -0.4 is 11.1 Å². The molecule has 1 aromatic rings. The van der Waals surface area contributed by atoms with Crippen molar-refractivity contribution in [1.29, 1.82) is 0 Å². The summed E-state index contributed by atoms with van der Waals surface area (Å²) in [5.41, 5.74) is 5.39. The zero-order valence-corrected chi connectivity index (χ0v) is 8.70. The van der Waals surface area contributed by atoms with E-state index in [0.717, 1.165) is 38.2 Å². The summed E-state index contributed by atoms with van der Waals surface area (Å²) in [5.74, 6) is 1.09. The maximum Gasteiger partial charge on any atom is 0.239 e. The van der Waals surface area contributed by atoms with Gasteiger partial charge in [0.05, 0.1) is 12.7 Å². The first kappa shape index (κ1) is 10.4. The van der Waals surface area contributed by atoms with Crippen LogP contribution >= 0.6 is 0 Å². The third-order valence-corrected chi connectivity index (χ3v) is 2.53. The number of nitrogen functional groups attached to an aromatic ring is 1. The molecule has 6 heteroatoms. The lowest BCUT2D eigenvalue weighted by Crippen LogP contribution is -2.32. The van der Waals surface area contributed by atoms with Crippen LogP contribution in [-0.2, 0) is 11.2 Å². The summed E-state index contributed by atoms with van der Waals surface area (Å²) in [6.45, 7) is 2.79. The van der Waals surface area contributed by atoms with Crippen LogP contribution in [0, 0.1) is 0 Å². The highest BCUT2D eigenvalue weighted by molar-refractivity contribution is 5.12. The second-order valence-electron chi connectivity index (χ2n) is 3.71. The number of nitrogens with one attached hydrogen (secondary N) is 2. The molecular formula is C9H17N5O. The molecule has 1 aliphatic rings. The fraction of sp³-hybridized carbons (Fsp3) is 0.778. The maximum atomic E-state index is 5.73. The number of piperidine rings is 1. The molecule has 0 aromatic carbocycles. The van der Waals surface area contributed by atoms with Crippen molar-refractivity contribution in [3.05, 3.63) is 5.82 Å². The maximum absolute atomic E-state index is 5.73. The Balaban J connectivity index is 1.65. The first-order valence-electron chi connectivity index (χ1n) is 5.33. The molecule has 0 bridgehead atoms. The molecule has 1 aliphatic heterocycles. The van der Waals surface area contributed by atoms with E-state index < -0.39 is 0 Å². The van der Waals surface area contributed by atoms with Crippen LogP contribution in [0.1, 0.15) is 18.7 Å². The van der Waals surface area contributed by atoms with Gasteiger partial charge in [-0.1, -0.05) is 0 Å². The van der Waals surface area contributed by atoms with Gasteiger partial charge in [0.1, 0.15) is 5.82 Å². The molecule has 4 N–H and O–H groups in total. The highest BCUT2D eigenvalue weighted by Crippen LogP contribution is 2.07. The number of nitrogens with two attached hydrogens (primary N) is 1. The van der Waals surface area contributed by atoms with Crippen LogP contribution in [0.15, 0.2) is 0 Å². The van der Waals surface area contributed by atoms with Gasteiger partial charge >= 0.3 is 0 Å². The minimum atomic E-state index is 0.298. The summed E-state index contributed by atoms with van der Waals surface area (Å²) < 4.78 is 5.73. The summed E-state index contributed by atoms with van der Waals surface area (Å²) in [5, 5.41) is 9.82. The second-order valence-corrected chi connectivity index (χ2v) is 3.71. The number of anilines is 1. The van der Waals surface area contributed by atoms with Gasteiger partial charge in [0.2, 0.25) is 5.95 Å². The predicted octanol–water partition coefficient (Wildman–Crippen LogP) is -0.302. The van der Waals surface area contributed by atoms with Gasteiger partial charge in [-0.2, -0.15) is 4.98 Å². The highest BCUT2D eigenvalue weighted by atomic mass is 16.5. The Labute approximate surface area is 88.6 Å². The van der Waals surface area contributed by atoms with Gasteiger partial charge in [-0.3, -0.25) is 5.10 Å². The van der Waals surface area contributed by atoms with Crippen molar-refractivity contribution in [2.24, 2.45) is 0 Å². The van der Waals surface area contributed by atoms with E-state index in [-0.39, 0.29) is 0 Å². The normalized spacial score (nSPS) is 18.1. The third-order valence-electron chi connectivity index (χ3n) is 2.53. The average Bonchev–Trinajstić information content (AvgIpc) is 2.66. The quantitative estimate of drug-likeness (QED) is 0.636. The molecule has 1 saturated heterocycles. The van der Waals surface area contributed by atoms with Gasteiger partial charge in [-0.15, -0.1) is 5.10 Å². The van der Waals surface area contributed by atoms with Crippen molar-refractivity contribution in [3.63, 3.8) is 0 Å². The first-order chi connectivity index (χ1) is 7.34. The lowest BCUT2D eigenvalue weighted by atomic mass is 10.1. The number of H-pyrrole nitrogens is 1. The van der Waals surface area contributed by atoms with Crippen LogP contribution in [0.25, 0.3) is 0 Å². The van der Waals surface area contributed by atoms with E-state index in [1.54, 1.807) is 0 Å². The van der Waals surface area contributed by atoms with Crippen LogP contribution in [0.4, 0.5) is 5.95 Å². The molecular weight excluding hydrogens is 194 g/mol. The lowest BCUT2D eigenvalue weighted by Gasteiger charge is -2.22. The standard InChI is InChI=1S/C9H17N5O/c10-9-12-8(13-14-9)3-6-15-7-1-4-11-5-2-7/h7,11H,1-6H2,(H3,10,12,13,14). The number of hydrogen-bond donors (Lipinski definition) is 3. The number of aromatic nitrogens is 3. The van der Waals surface area contributed by atoms with Gasteiger partial charge in [-0.05, 0) is 25.9 Å². The predicted molar refractivity (Wildman–Crippen MR) is 56.3 cm³/mol. The van der Waals surface area contributed by atoms with Crippen LogP contribution in [0.3, 0.4) is 0 Å². The van der Waals surface area contributed by atoms with Gasteiger partial charge in [-0.25, -0.2) is 0 Å². The molecule has 2 rings (SSSR count). The zero-order chi connectivity index (χ0) is 10.5. The summed E-state index contributed by atoms with van der Waals surface area (Å²) in [6.07, 6.45) is 3.33. The fourth-order valence-electron chi connectivity index (χ4n) is 1.71. The van der Waals surface area contributed by atoms with Crippen LogP contribution in [0.5, 0.6) is 0 Å². The summed E-state index contributed by atoms with van der Waals surface area (Å²) in [6, 6.07) is 0. The summed E-state index contributed by atoms with van der Waals surface area (Å²) in [7, 11) is 0. The number of aromatic amines is 1. The van der Waals surface area contributed by atoms with Crippen molar-refractivity contribution in [2.75, 3.05) is 25.4 Å². The van der Waals surface area contributed by atoms with Crippen LogP contribution in [0.2, 0.25) is 0 Å². The number of ether oxygens (including phenoxy) is 1. The number of rotatable bonds is 4. The van der Waals surface area contributed by atoms with Crippen LogP contribution in [-0.4, -0.2) is 41.0 Å². The Morgan fingerprint density at radius 2 is 2.20 bits per heavy atom. The highest BCUT2D eigenvalue weighted by Gasteiger charge is 2.13. The van der Waals surface area contributed by atoms with E-state index in [1.165, 1.54) is 0 Å². The third kappa shape index (κ3) is 3.17. The average molecular weight is 211 g/mol. The van der Waals surface area contributed by atoms with E-state index in [2.05, 4.69) is 20.5 Å². The smallest absolute Gasteiger partial charge is 0.239 e. The molecule has 0 unspecified atom stereocenters. The lowest BCUT2D eigenvalue weighted by molar-refractivity contribution is 0.0342. The Kier molecular flexibility index (Phi) is 3.52. The Morgan fingerprint density at radius 1 is 1.40 bits per heavy atom. The van der Waals surface area contributed by atoms with Gasteiger partial charge in [0.15, 0.2) is 0 Å².